The molecule has 0 bridgehead atoms. The lowest BCUT2D eigenvalue weighted by atomic mass is 9.96. The zero-order valence-corrected chi connectivity index (χ0v) is 14.8. The van der Waals surface area contributed by atoms with Crippen LogP contribution in [-0.2, 0) is 17.6 Å². The molecule has 0 fully saturated rings. The van der Waals surface area contributed by atoms with Gasteiger partial charge in [-0.05, 0) is 40.8 Å². The maximum atomic E-state index is 12.2. The lowest BCUT2D eigenvalue weighted by Gasteiger charge is -2.25. The first-order valence-corrected chi connectivity index (χ1v) is 9.23. The van der Waals surface area contributed by atoms with E-state index in [9.17, 15) is 4.79 Å². The van der Waals surface area contributed by atoms with Gasteiger partial charge in [0.25, 0.3) is 0 Å². The van der Waals surface area contributed by atoms with Crippen molar-refractivity contribution in [2.24, 2.45) is 5.92 Å². The summed E-state index contributed by atoms with van der Waals surface area (Å²) in [4.78, 5) is 12.2. The maximum absolute atomic E-state index is 12.2. The third kappa shape index (κ3) is 3.88. The number of fused-ring (bicyclic) bond motifs is 2. The van der Waals surface area contributed by atoms with Crippen molar-refractivity contribution in [2.75, 3.05) is 13.2 Å². The highest BCUT2D eigenvalue weighted by Crippen LogP contribution is 2.26. The molecule has 1 unspecified atom stereocenters. The van der Waals surface area contributed by atoms with Gasteiger partial charge in [0, 0.05) is 18.9 Å². The van der Waals surface area contributed by atoms with Gasteiger partial charge < -0.3 is 10.1 Å². The minimum Gasteiger partial charge on any atom is -0.493 e. The van der Waals surface area contributed by atoms with E-state index < -0.39 is 0 Å². The summed E-state index contributed by atoms with van der Waals surface area (Å²) in [5.41, 5.74) is 2.43. The zero-order valence-electron chi connectivity index (χ0n) is 14.8. The van der Waals surface area contributed by atoms with Gasteiger partial charge in [-0.25, -0.2) is 0 Å². The summed E-state index contributed by atoms with van der Waals surface area (Å²) in [7, 11) is 0. The number of hydrogen-bond acceptors (Lipinski definition) is 2. The fourth-order valence-corrected chi connectivity index (χ4v) is 3.52. The van der Waals surface area contributed by atoms with Crippen LogP contribution in [-0.4, -0.2) is 19.1 Å². The van der Waals surface area contributed by atoms with E-state index in [0.29, 0.717) is 25.5 Å². The third-order valence-electron chi connectivity index (χ3n) is 5.00. The van der Waals surface area contributed by atoms with Gasteiger partial charge in [0.05, 0.1) is 6.61 Å². The Morgan fingerprint density at radius 2 is 1.81 bits per heavy atom. The molecule has 0 radical (unpaired) electrons. The van der Waals surface area contributed by atoms with E-state index in [1.807, 2.05) is 30.3 Å². The number of hydrogen-bond donors (Lipinski definition) is 1. The molecule has 4 rings (SSSR count). The van der Waals surface area contributed by atoms with Crippen molar-refractivity contribution >= 4 is 16.7 Å². The van der Waals surface area contributed by atoms with Gasteiger partial charge in [-0.15, -0.1) is 0 Å². The van der Waals surface area contributed by atoms with E-state index in [1.54, 1.807) is 0 Å². The van der Waals surface area contributed by atoms with Crippen molar-refractivity contribution in [3.05, 3.63) is 77.9 Å². The summed E-state index contributed by atoms with van der Waals surface area (Å²) in [5, 5.41) is 5.53. The Morgan fingerprint density at radius 1 is 1.00 bits per heavy atom. The second-order valence-electron chi connectivity index (χ2n) is 6.97. The van der Waals surface area contributed by atoms with Crippen LogP contribution < -0.4 is 10.1 Å². The molecule has 3 heteroatoms. The molecule has 1 heterocycles. The van der Waals surface area contributed by atoms with Crippen molar-refractivity contribution in [2.45, 2.75) is 19.3 Å². The minimum atomic E-state index is 0.108. The molecule has 0 spiro atoms. The summed E-state index contributed by atoms with van der Waals surface area (Å²) < 4.78 is 5.79. The molecule has 0 aromatic heterocycles. The molecule has 3 aromatic rings. The zero-order chi connectivity index (χ0) is 17.8. The van der Waals surface area contributed by atoms with Crippen LogP contribution in [0.3, 0.4) is 0 Å². The molecular formula is C23H23NO2. The number of carbonyl (C=O) groups excluding carboxylic acids is 1. The molecule has 1 aliphatic heterocycles. The summed E-state index contributed by atoms with van der Waals surface area (Å²) in [5.74, 6) is 1.43. The average Bonchev–Trinajstić information content (AvgIpc) is 2.70. The van der Waals surface area contributed by atoms with Crippen molar-refractivity contribution in [1.29, 1.82) is 0 Å². The smallest absolute Gasteiger partial charge is 0.220 e. The summed E-state index contributed by atoms with van der Waals surface area (Å²) >= 11 is 0. The van der Waals surface area contributed by atoms with Gasteiger partial charge in [-0.1, -0.05) is 60.7 Å². The predicted octanol–water partition coefficient (Wildman–Crippen LogP) is 4.14. The van der Waals surface area contributed by atoms with Crippen LogP contribution in [0.5, 0.6) is 5.75 Å². The monoisotopic (exact) mass is 345 g/mol. The van der Waals surface area contributed by atoms with Crippen LogP contribution >= 0.6 is 0 Å². The summed E-state index contributed by atoms with van der Waals surface area (Å²) in [6.45, 7) is 1.34. The lowest BCUT2D eigenvalue weighted by molar-refractivity contribution is -0.121. The van der Waals surface area contributed by atoms with Crippen LogP contribution in [0.15, 0.2) is 66.7 Å². The SMILES string of the molecule is O=C(CCc1ccc2ccccc2c1)NCC1COc2ccccc2C1. The third-order valence-corrected chi connectivity index (χ3v) is 5.00. The molecule has 3 aromatic carbocycles. The number of nitrogens with one attached hydrogen (secondary N) is 1. The van der Waals surface area contributed by atoms with Crippen molar-refractivity contribution < 1.29 is 9.53 Å². The van der Waals surface area contributed by atoms with Gasteiger partial charge in [0.1, 0.15) is 5.75 Å². The first kappa shape index (κ1) is 16.6. The van der Waals surface area contributed by atoms with E-state index in [4.69, 9.17) is 4.74 Å². The summed E-state index contributed by atoms with van der Waals surface area (Å²) in [6.07, 6.45) is 2.24. The molecule has 26 heavy (non-hydrogen) atoms. The van der Waals surface area contributed by atoms with Gasteiger partial charge in [-0.2, -0.15) is 0 Å². The van der Waals surface area contributed by atoms with Crippen molar-refractivity contribution in [1.82, 2.24) is 5.32 Å². The Hall–Kier alpha value is -2.81. The molecule has 1 N–H and O–H groups in total. The highest BCUT2D eigenvalue weighted by Gasteiger charge is 2.19. The molecule has 1 amide bonds. The van der Waals surface area contributed by atoms with Crippen LogP contribution in [0.4, 0.5) is 0 Å². The Balaban J connectivity index is 1.26. The topological polar surface area (TPSA) is 38.3 Å². The molecule has 3 nitrogen and oxygen atoms in total. The Morgan fingerprint density at radius 3 is 2.73 bits per heavy atom. The van der Waals surface area contributed by atoms with Crippen LogP contribution in [0.1, 0.15) is 17.5 Å². The van der Waals surface area contributed by atoms with Gasteiger partial charge in [0.2, 0.25) is 5.91 Å². The maximum Gasteiger partial charge on any atom is 0.220 e. The van der Waals surface area contributed by atoms with Gasteiger partial charge >= 0.3 is 0 Å². The molecular weight excluding hydrogens is 322 g/mol. The Kier molecular flexibility index (Phi) is 4.87. The Labute approximate surface area is 154 Å². The average molecular weight is 345 g/mol. The van der Waals surface area contributed by atoms with Crippen LogP contribution in [0, 0.1) is 5.92 Å². The van der Waals surface area contributed by atoms with Crippen LogP contribution in [0.2, 0.25) is 0 Å². The number of carbonyl (C=O) groups is 1. The van der Waals surface area contributed by atoms with Crippen LogP contribution in [0.25, 0.3) is 10.8 Å². The fourth-order valence-electron chi connectivity index (χ4n) is 3.52. The molecule has 1 aliphatic rings. The molecule has 132 valence electrons. The van der Waals surface area contributed by atoms with Crippen molar-refractivity contribution in [3.63, 3.8) is 0 Å². The largest absolute Gasteiger partial charge is 0.493 e. The number of ether oxygens (including phenoxy) is 1. The number of amides is 1. The predicted molar refractivity (Wildman–Crippen MR) is 104 cm³/mol. The number of rotatable bonds is 5. The van der Waals surface area contributed by atoms with Gasteiger partial charge in [0.15, 0.2) is 0 Å². The highest BCUT2D eigenvalue weighted by atomic mass is 16.5. The Bertz CT molecular complexity index is 919. The molecule has 0 aliphatic carbocycles. The van der Waals surface area contributed by atoms with E-state index >= 15 is 0 Å². The lowest BCUT2D eigenvalue weighted by Crippen LogP contribution is -2.34. The molecule has 0 saturated carbocycles. The number of para-hydroxylation sites is 1. The first-order chi connectivity index (χ1) is 12.8. The van der Waals surface area contributed by atoms with Gasteiger partial charge in [-0.3, -0.25) is 4.79 Å². The summed E-state index contributed by atoms with van der Waals surface area (Å²) in [6, 6.07) is 22.9. The first-order valence-electron chi connectivity index (χ1n) is 9.23. The normalized spacial score (nSPS) is 15.9. The van der Waals surface area contributed by atoms with Crippen molar-refractivity contribution in [3.8, 4) is 5.75 Å². The van der Waals surface area contributed by atoms with E-state index in [-0.39, 0.29) is 5.91 Å². The standard InChI is InChI=1S/C23H23NO2/c25-23(12-10-17-9-11-19-5-1-2-6-20(19)13-17)24-15-18-14-21-7-3-4-8-22(21)26-16-18/h1-9,11,13,18H,10,12,14-16H2,(H,24,25). The second kappa shape index (κ2) is 7.61. The minimum absolute atomic E-state index is 0.108. The molecule has 1 atom stereocenters. The highest BCUT2D eigenvalue weighted by molar-refractivity contribution is 5.83. The fraction of sp³-hybridized carbons (Fsp3) is 0.261. The van der Waals surface area contributed by atoms with E-state index in [1.165, 1.54) is 21.9 Å². The quantitative estimate of drug-likeness (QED) is 0.755. The van der Waals surface area contributed by atoms with E-state index in [2.05, 4.69) is 41.7 Å². The number of aryl methyl sites for hydroxylation is 1. The van der Waals surface area contributed by atoms with E-state index in [0.717, 1.165) is 18.6 Å². The number of benzene rings is 3. The molecule has 0 saturated heterocycles. The second-order valence-corrected chi connectivity index (χ2v) is 6.97.